The second-order valence-corrected chi connectivity index (χ2v) is 13.6. The summed E-state index contributed by atoms with van der Waals surface area (Å²) >= 11 is 0. The first kappa shape index (κ1) is 32.8. The minimum absolute atomic E-state index is 0.257. The van der Waals surface area contributed by atoms with Crippen LogP contribution in [0.3, 0.4) is 0 Å². The second kappa shape index (κ2) is 12.6. The fraction of sp³-hybridized carbons (Fsp3) is 0.375. The van der Waals surface area contributed by atoms with E-state index in [0.717, 1.165) is 22.4 Å². The Bertz CT molecular complexity index is 1800. The molecule has 254 valence electrons. The van der Waals surface area contributed by atoms with E-state index in [0.29, 0.717) is 31.0 Å². The van der Waals surface area contributed by atoms with E-state index in [-0.39, 0.29) is 30.9 Å². The fourth-order valence-electron chi connectivity index (χ4n) is 8.54. The summed E-state index contributed by atoms with van der Waals surface area (Å²) < 4.78 is 12.7. The minimum atomic E-state index is -1.45. The van der Waals surface area contributed by atoms with Gasteiger partial charge in [-0.2, -0.15) is 0 Å². The van der Waals surface area contributed by atoms with Crippen molar-refractivity contribution in [2.75, 3.05) is 36.1 Å². The lowest BCUT2D eigenvalue weighted by atomic mass is 9.74. The van der Waals surface area contributed by atoms with Crippen molar-refractivity contribution in [1.29, 1.82) is 0 Å². The predicted molar refractivity (Wildman–Crippen MR) is 187 cm³/mol. The molecule has 2 fully saturated rings. The number of para-hydroxylation sites is 1. The molecule has 0 saturated carbocycles. The zero-order valence-corrected chi connectivity index (χ0v) is 28.4. The molecule has 3 aromatic rings. The maximum absolute atomic E-state index is 15.1. The molecule has 6 atom stereocenters. The van der Waals surface area contributed by atoms with E-state index in [1.807, 2.05) is 125 Å². The number of benzene rings is 3. The van der Waals surface area contributed by atoms with Crippen molar-refractivity contribution in [1.82, 2.24) is 4.90 Å². The number of likely N-dealkylation sites (tertiary alicyclic amines) is 1. The van der Waals surface area contributed by atoms with Gasteiger partial charge in [0, 0.05) is 24.5 Å². The molecule has 7 rings (SSSR count). The Kier molecular flexibility index (Phi) is 8.45. The van der Waals surface area contributed by atoms with E-state index in [4.69, 9.17) is 9.47 Å². The number of hydrogen-bond donors (Lipinski definition) is 1. The van der Waals surface area contributed by atoms with Gasteiger partial charge in [-0.1, -0.05) is 72.8 Å². The van der Waals surface area contributed by atoms with Crippen LogP contribution in [0.25, 0.3) is 0 Å². The van der Waals surface area contributed by atoms with Crippen LogP contribution < -0.4 is 14.5 Å². The molecule has 0 aliphatic carbocycles. The Labute approximate surface area is 287 Å². The number of aryl methyl sites for hydroxylation is 2. The highest BCUT2D eigenvalue weighted by molar-refractivity contribution is 6.08. The molecule has 49 heavy (non-hydrogen) atoms. The maximum Gasteiger partial charge on any atom is 0.253 e. The van der Waals surface area contributed by atoms with Gasteiger partial charge in [0.1, 0.15) is 17.4 Å². The van der Waals surface area contributed by atoms with Gasteiger partial charge in [0.05, 0.1) is 36.7 Å². The molecule has 0 radical (unpaired) electrons. The van der Waals surface area contributed by atoms with Crippen LogP contribution in [0.15, 0.2) is 97.1 Å². The smallest absolute Gasteiger partial charge is 0.253 e. The minimum Gasteiger partial charge on any atom is -0.494 e. The number of carbonyl (C=O) groups excluding carboxylic acids is 3. The molecular formula is C40H43N3O6. The van der Waals surface area contributed by atoms with Crippen LogP contribution >= 0.6 is 0 Å². The molecular weight excluding hydrogens is 618 g/mol. The van der Waals surface area contributed by atoms with E-state index in [1.165, 1.54) is 0 Å². The number of anilines is 2. The van der Waals surface area contributed by atoms with E-state index in [1.54, 1.807) is 14.7 Å². The molecule has 0 bridgehead atoms. The van der Waals surface area contributed by atoms with Crippen LogP contribution in [0.2, 0.25) is 0 Å². The molecule has 1 unspecified atom stereocenters. The summed E-state index contributed by atoms with van der Waals surface area (Å²) in [5, 5.41) is 10.9. The highest BCUT2D eigenvalue weighted by atomic mass is 16.5. The fourth-order valence-corrected chi connectivity index (χ4v) is 8.54. The van der Waals surface area contributed by atoms with Crippen LogP contribution in [-0.4, -0.2) is 77.3 Å². The molecule has 4 aliphatic heterocycles. The van der Waals surface area contributed by atoms with Crippen molar-refractivity contribution >= 4 is 29.1 Å². The summed E-state index contributed by atoms with van der Waals surface area (Å²) in [5.74, 6) is -2.17. The van der Waals surface area contributed by atoms with E-state index < -0.39 is 35.1 Å². The van der Waals surface area contributed by atoms with Crippen LogP contribution in [-0.2, 0) is 25.5 Å². The Morgan fingerprint density at radius 2 is 1.51 bits per heavy atom. The summed E-state index contributed by atoms with van der Waals surface area (Å²) in [6, 6.07) is 21.0. The highest BCUT2D eigenvalue weighted by Crippen LogP contribution is 2.58. The SMILES string of the molecule is CCOc1ccc(N2CC=C[C@]3(C)O[C@]45C=CCN(c6c(C)cccc6C)C(=O)C4N([C@@H](CO)Cc4ccccc4)C(=O)[C@@H]5[C@@H]3C2=O)cc1. The highest BCUT2D eigenvalue weighted by Gasteiger charge is 2.75. The molecule has 4 heterocycles. The first-order valence-electron chi connectivity index (χ1n) is 17.1. The van der Waals surface area contributed by atoms with Gasteiger partial charge in [-0.25, -0.2) is 0 Å². The van der Waals surface area contributed by atoms with Gasteiger partial charge in [-0.3, -0.25) is 14.4 Å². The van der Waals surface area contributed by atoms with Gasteiger partial charge >= 0.3 is 0 Å². The van der Waals surface area contributed by atoms with Crippen LogP contribution in [0.4, 0.5) is 11.4 Å². The molecule has 9 nitrogen and oxygen atoms in total. The molecule has 4 aliphatic rings. The van der Waals surface area contributed by atoms with Crippen molar-refractivity contribution in [2.45, 2.75) is 57.4 Å². The lowest BCUT2D eigenvalue weighted by molar-refractivity contribution is -0.148. The van der Waals surface area contributed by atoms with Gasteiger partial charge in [-0.15, -0.1) is 0 Å². The first-order valence-corrected chi connectivity index (χ1v) is 17.1. The molecule has 3 aromatic carbocycles. The average Bonchev–Trinajstić information content (AvgIpc) is 3.37. The van der Waals surface area contributed by atoms with Gasteiger partial charge in [-0.05, 0) is 75.1 Å². The summed E-state index contributed by atoms with van der Waals surface area (Å²) in [6.45, 7) is 8.42. The number of nitrogens with zero attached hydrogens (tertiary/aromatic N) is 3. The average molecular weight is 662 g/mol. The topological polar surface area (TPSA) is 99.6 Å². The number of ether oxygens (including phenoxy) is 2. The van der Waals surface area contributed by atoms with E-state index in [2.05, 4.69) is 0 Å². The first-order chi connectivity index (χ1) is 23.6. The lowest BCUT2D eigenvalue weighted by Crippen LogP contribution is -2.59. The van der Waals surface area contributed by atoms with Crippen molar-refractivity contribution in [3.63, 3.8) is 0 Å². The normalized spacial score (nSPS) is 28.2. The summed E-state index contributed by atoms with van der Waals surface area (Å²) in [6.07, 6.45) is 7.86. The summed E-state index contributed by atoms with van der Waals surface area (Å²) in [7, 11) is 0. The number of aliphatic hydroxyl groups excluding tert-OH is 1. The van der Waals surface area contributed by atoms with Gasteiger partial charge in [0.2, 0.25) is 11.8 Å². The van der Waals surface area contributed by atoms with Crippen molar-refractivity contribution < 1.29 is 29.0 Å². The number of hydrogen-bond acceptors (Lipinski definition) is 6. The van der Waals surface area contributed by atoms with Gasteiger partial charge < -0.3 is 29.3 Å². The van der Waals surface area contributed by atoms with Crippen molar-refractivity contribution in [3.8, 4) is 5.75 Å². The molecule has 0 aromatic heterocycles. The monoisotopic (exact) mass is 661 g/mol. The Balaban J connectivity index is 1.36. The zero-order chi connectivity index (χ0) is 34.5. The van der Waals surface area contributed by atoms with Crippen LogP contribution in [0, 0.1) is 25.7 Å². The molecule has 9 heteroatoms. The largest absolute Gasteiger partial charge is 0.494 e. The van der Waals surface area contributed by atoms with Crippen molar-refractivity contribution in [2.24, 2.45) is 11.8 Å². The Morgan fingerprint density at radius 1 is 0.837 bits per heavy atom. The number of rotatable bonds is 8. The number of amides is 3. The third kappa shape index (κ3) is 5.27. The number of fused-ring (bicyclic) bond motifs is 2. The second-order valence-electron chi connectivity index (χ2n) is 13.6. The van der Waals surface area contributed by atoms with Gasteiger partial charge in [0.15, 0.2) is 0 Å². The Morgan fingerprint density at radius 3 is 2.18 bits per heavy atom. The number of aliphatic hydroxyl groups is 1. The van der Waals surface area contributed by atoms with Crippen LogP contribution in [0.1, 0.15) is 30.5 Å². The quantitative estimate of drug-likeness (QED) is 0.349. The van der Waals surface area contributed by atoms with E-state index >= 15 is 9.59 Å². The number of carbonyl (C=O) groups is 3. The standard InChI is InChI=1S/C40H43N3O6/c1-5-48-31-18-16-29(17-19-31)41-22-10-20-39(4)32(36(41)45)33-37(46)43(30(25-44)24-28-14-7-6-8-15-28)35-38(47)42(23-11-21-40(33,35)49-39)34-26(2)12-9-13-27(34)3/h6-21,30,32-33,35,44H,5,22-25H2,1-4H3/t30-,32-,33+,35?,39+,40+/m1/s1. The third-order valence-corrected chi connectivity index (χ3v) is 10.6. The lowest BCUT2D eigenvalue weighted by Gasteiger charge is -2.40. The maximum atomic E-state index is 15.1. The van der Waals surface area contributed by atoms with E-state index in [9.17, 15) is 9.90 Å². The van der Waals surface area contributed by atoms with Crippen molar-refractivity contribution in [3.05, 3.63) is 114 Å². The zero-order valence-electron chi connectivity index (χ0n) is 28.4. The predicted octanol–water partition coefficient (Wildman–Crippen LogP) is 4.78. The third-order valence-electron chi connectivity index (χ3n) is 10.6. The molecule has 1 spiro atoms. The van der Waals surface area contributed by atoms with Crippen LogP contribution in [0.5, 0.6) is 5.75 Å². The molecule has 2 saturated heterocycles. The molecule has 3 amide bonds. The Hall–Kier alpha value is -4.73. The van der Waals surface area contributed by atoms with Gasteiger partial charge in [0.25, 0.3) is 5.91 Å². The summed E-state index contributed by atoms with van der Waals surface area (Å²) in [4.78, 5) is 50.0. The molecule has 1 N–H and O–H groups in total. The summed E-state index contributed by atoms with van der Waals surface area (Å²) in [5.41, 5.74) is 1.62.